The molecule has 1 aromatic heterocycles. The fraction of sp³-hybridized carbons (Fsp3) is 0.412. The molecule has 0 atom stereocenters. The molecule has 1 amide bonds. The molecule has 22 heavy (non-hydrogen) atoms. The van der Waals surface area contributed by atoms with Crippen LogP contribution in [0.25, 0.3) is 0 Å². The van der Waals surface area contributed by atoms with Gasteiger partial charge in [-0.05, 0) is 17.5 Å². The van der Waals surface area contributed by atoms with E-state index in [1.54, 1.807) is 0 Å². The summed E-state index contributed by atoms with van der Waals surface area (Å²) in [6.45, 7) is 4.36. The molecule has 0 spiro atoms. The number of hydrogen-bond donors (Lipinski definition) is 2. The van der Waals surface area contributed by atoms with Crippen LogP contribution in [0.2, 0.25) is 0 Å². The number of aliphatic hydroxyl groups excluding tert-OH is 1. The molecule has 0 bridgehead atoms. The van der Waals surface area contributed by atoms with Crippen molar-refractivity contribution in [2.24, 2.45) is 0 Å². The third-order valence-electron chi connectivity index (χ3n) is 3.71. The van der Waals surface area contributed by atoms with Crippen LogP contribution in [0.4, 0.5) is 0 Å². The molecule has 1 heterocycles. The minimum atomic E-state index is -0.0691. The van der Waals surface area contributed by atoms with Crippen molar-refractivity contribution in [2.75, 3.05) is 0 Å². The summed E-state index contributed by atoms with van der Waals surface area (Å²) in [4.78, 5) is 12.2. The summed E-state index contributed by atoms with van der Waals surface area (Å²) in [7, 11) is 0. The van der Waals surface area contributed by atoms with Crippen molar-refractivity contribution in [2.45, 2.75) is 46.3 Å². The fourth-order valence-electron chi connectivity index (χ4n) is 2.44. The van der Waals surface area contributed by atoms with Gasteiger partial charge in [0.2, 0.25) is 5.91 Å². The highest BCUT2D eigenvalue weighted by molar-refractivity contribution is 5.79. The first-order valence-electron chi connectivity index (χ1n) is 7.60. The van der Waals surface area contributed by atoms with Crippen molar-refractivity contribution in [3.05, 3.63) is 52.4 Å². The van der Waals surface area contributed by atoms with Crippen molar-refractivity contribution in [3.63, 3.8) is 0 Å². The van der Waals surface area contributed by atoms with Crippen LogP contribution in [-0.4, -0.2) is 16.2 Å². The van der Waals surface area contributed by atoms with E-state index >= 15 is 0 Å². The third-order valence-corrected chi connectivity index (χ3v) is 3.71. The van der Waals surface area contributed by atoms with Crippen LogP contribution in [0.15, 0.2) is 28.8 Å². The number of amides is 1. The van der Waals surface area contributed by atoms with Crippen LogP contribution in [0, 0.1) is 0 Å². The SMILES string of the molecule is CCc1noc(CC)c1CC(=O)NCc1ccccc1CO. The Kier molecular flexibility index (Phi) is 5.72. The van der Waals surface area contributed by atoms with E-state index in [0.29, 0.717) is 6.54 Å². The molecule has 0 saturated carbocycles. The zero-order valence-electron chi connectivity index (χ0n) is 13.1. The standard InChI is InChI=1S/C17H22N2O3/c1-3-15-14(16(4-2)22-19-15)9-17(21)18-10-12-7-5-6-8-13(12)11-20/h5-8,20H,3-4,9-11H2,1-2H3,(H,18,21). The first-order valence-corrected chi connectivity index (χ1v) is 7.60. The molecule has 0 aliphatic rings. The monoisotopic (exact) mass is 302 g/mol. The number of aliphatic hydroxyl groups is 1. The lowest BCUT2D eigenvalue weighted by Crippen LogP contribution is -2.25. The Bertz CT molecular complexity index is 613. The predicted molar refractivity (Wildman–Crippen MR) is 83.2 cm³/mol. The van der Waals surface area contributed by atoms with Crippen molar-refractivity contribution in [3.8, 4) is 0 Å². The molecule has 5 heteroatoms. The van der Waals surface area contributed by atoms with E-state index in [0.717, 1.165) is 41.0 Å². The van der Waals surface area contributed by atoms with Gasteiger partial charge >= 0.3 is 0 Å². The molecule has 0 fully saturated rings. The van der Waals surface area contributed by atoms with Gasteiger partial charge in [-0.25, -0.2) is 0 Å². The zero-order chi connectivity index (χ0) is 15.9. The number of nitrogens with zero attached hydrogens (tertiary/aromatic N) is 1. The maximum atomic E-state index is 12.2. The van der Waals surface area contributed by atoms with Gasteiger partial charge in [-0.15, -0.1) is 0 Å². The smallest absolute Gasteiger partial charge is 0.224 e. The van der Waals surface area contributed by atoms with E-state index < -0.39 is 0 Å². The van der Waals surface area contributed by atoms with E-state index in [1.807, 2.05) is 38.1 Å². The fourth-order valence-corrected chi connectivity index (χ4v) is 2.44. The predicted octanol–water partition coefficient (Wildman–Crippen LogP) is 2.15. The number of hydrogen-bond acceptors (Lipinski definition) is 4. The molecule has 2 aromatic rings. The molecule has 0 aliphatic carbocycles. The Labute approximate surface area is 130 Å². The summed E-state index contributed by atoms with van der Waals surface area (Å²) in [5, 5.41) is 16.2. The summed E-state index contributed by atoms with van der Waals surface area (Å²) >= 11 is 0. The second-order valence-electron chi connectivity index (χ2n) is 5.12. The highest BCUT2D eigenvalue weighted by atomic mass is 16.5. The topological polar surface area (TPSA) is 75.4 Å². The first kappa shape index (κ1) is 16.2. The van der Waals surface area contributed by atoms with Gasteiger partial charge in [-0.2, -0.15) is 0 Å². The number of carbonyl (C=O) groups is 1. The number of carbonyl (C=O) groups excluding carboxylic acids is 1. The average molecular weight is 302 g/mol. The maximum Gasteiger partial charge on any atom is 0.224 e. The molecule has 2 rings (SSSR count). The number of rotatable bonds is 7. The average Bonchev–Trinajstić information content (AvgIpc) is 2.94. The summed E-state index contributed by atoms with van der Waals surface area (Å²) in [6.07, 6.45) is 1.75. The minimum Gasteiger partial charge on any atom is -0.392 e. The molecule has 0 radical (unpaired) electrons. The van der Waals surface area contributed by atoms with Gasteiger partial charge in [-0.3, -0.25) is 4.79 Å². The van der Waals surface area contributed by atoms with Gasteiger partial charge < -0.3 is 14.9 Å². The summed E-state index contributed by atoms with van der Waals surface area (Å²) in [5.41, 5.74) is 3.51. The van der Waals surface area contributed by atoms with Gasteiger partial charge in [-0.1, -0.05) is 43.3 Å². The highest BCUT2D eigenvalue weighted by Crippen LogP contribution is 2.16. The van der Waals surface area contributed by atoms with Crippen LogP contribution in [0.1, 0.15) is 42.0 Å². The molecular formula is C17H22N2O3. The highest BCUT2D eigenvalue weighted by Gasteiger charge is 2.16. The molecule has 1 aromatic carbocycles. The maximum absolute atomic E-state index is 12.2. The largest absolute Gasteiger partial charge is 0.392 e. The second-order valence-corrected chi connectivity index (χ2v) is 5.12. The molecular weight excluding hydrogens is 280 g/mol. The lowest BCUT2D eigenvalue weighted by atomic mass is 10.1. The quantitative estimate of drug-likeness (QED) is 0.822. The van der Waals surface area contributed by atoms with Gasteiger partial charge in [0, 0.05) is 18.5 Å². The van der Waals surface area contributed by atoms with Crippen molar-refractivity contribution < 1.29 is 14.4 Å². The number of benzene rings is 1. The Morgan fingerprint density at radius 3 is 2.59 bits per heavy atom. The van der Waals surface area contributed by atoms with E-state index in [4.69, 9.17) is 4.52 Å². The van der Waals surface area contributed by atoms with Gasteiger partial charge in [0.1, 0.15) is 5.76 Å². The normalized spacial score (nSPS) is 10.7. The van der Waals surface area contributed by atoms with E-state index in [9.17, 15) is 9.90 Å². The van der Waals surface area contributed by atoms with Crippen molar-refractivity contribution in [1.29, 1.82) is 0 Å². The Morgan fingerprint density at radius 2 is 1.95 bits per heavy atom. The van der Waals surface area contributed by atoms with E-state index in [-0.39, 0.29) is 18.9 Å². The van der Waals surface area contributed by atoms with Crippen molar-refractivity contribution in [1.82, 2.24) is 10.5 Å². The molecule has 2 N–H and O–H groups in total. The second kappa shape index (κ2) is 7.75. The van der Waals surface area contributed by atoms with Crippen LogP contribution in [-0.2, 0) is 37.2 Å². The molecule has 118 valence electrons. The molecule has 0 unspecified atom stereocenters. The summed E-state index contributed by atoms with van der Waals surface area (Å²) < 4.78 is 5.27. The molecule has 0 saturated heterocycles. The van der Waals surface area contributed by atoms with Crippen molar-refractivity contribution >= 4 is 5.91 Å². The Balaban J connectivity index is 2.00. The number of aromatic nitrogens is 1. The zero-order valence-corrected chi connectivity index (χ0v) is 13.1. The third kappa shape index (κ3) is 3.74. The van der Waals surface area contributed by atoms with Crippen LogP contribution in [0.3, 0.4) is 0 Å². The molecule has 0 aliphatic heterocycles. The van der Waals surface area contributed by atoms with Gasteiger partial charge in [0.15, 0.2) is 0 Å². The Morgan fingerprint density at radius 1 is 1.23 bits per heavy atom. The number of aryl methyl sites for hydroxylation is 2. The van der Waals surface area contributed by atoms with Crippen LogP contribution < -0.4 is 5.32 Å². The summed E-state index contributed by atoms with van der Waals surface area (Å²) in [5.74, 6) is 0.711. The lowest BCUT2D eigenvalue weighted by Gasteiger charge is -2.09. The van der Waals surface area contributed by atoms with Crippen LogP contribution >= 0.6 is 0 Å². The van der Waals surface area contributed by atoms with Gasteiger partial charge in [0.25, 0.3) is 0 Å². The van der Waals surface area contributed by atoms with E-state index in [2.05, 4.69) is 10.5 Å². The first-order chi connectivity index (χ1) is 10.7. The van der Waals surface area contributed by atoms with Crippen LogP contribution in [0.5, 0.6) is 0 Å². The summed E-state index contributed by atoms with van der Waals surface area (Å²) in [6, 6.07) is 7.52. The Hall–Kier alpha value is -2.14. The molecule has 5 nitrogen and oxygen atoms in total. The lowest BCUT2D eigenvalue weighted by molar-refractivity contribution is -0.120. The van der Waals surface area contributed by atoms with E-state index in [1.165, 1.54) is 0 Å². The van der Waals surface area contributed by atoms with Gasteiger partial charge in [0.05, 0.1) is 18.7 Å². The number of nitrogens with one attached hydrogen (secondary N) is 1. The minimum absolute atomic E-state index is 0.0301.